The molecule has 1 heterocycles. The van der Waals surface area contributed by atoms with Crippen molar-refractivity contribution in [1.82, 2.24) is 0 Å². The van der Waals surface area contributed by atoms with E-state index in [0.717, 1.165) is 9.75 Å². The topological polar surface area (TPSA) is 57.5 Å². The second-order valence-corrected chi connectivity index (χ2v) is 5.50. The lowest BCUT2D eigenvalue weighted by Gasteiger charge is -2.04. The van der Waals surface area contributed by atoms with Gasteiger partial charge in [0.25, 0.3) is 0 Å². The number of aryl methyl sites for hydroxylation is 1. The van der Waals surface area contributed by atoms with E-state index >= 15 is 0 Å². The van der Waals surface area contributed by atoms with Crippen molar-refractivity contribution >= 4 is 28.9 Å². The fourth-order valence-electron chi connectivity index (χ4n) is 0.996. The number of hydrogen-bond donors (Lipinski definition) is 2. The van der Waals surface area contributed by atoms with Crippen molar-refractivity contribution in [2.45, 2.75) is 13.0 Å². The Morgan fingerprint density at radius 3 is 2.87 bits per heavy atom. The molecular formula is C10H14O3S2. The molecule has 0 fully saturated rings. The fraction of sp³-hybridized carbons (Fsp3) is 0.500. The lowest BCUT2D eigenvalue weighted by Crippen LogP contribution is -2.16. The number of ketones is 1. The normalized spacial score (nSPS) is 12.7. The van der Waals surface area contributed by atoms with E-state index in [1.54, 1.807) is 0 Å². The molecule has 1 aromatic heterocycles. The quantitative estimate of drug-likeness (QED) is 0.743. The molecule has 0 spiro atoms. The van der Waals surface area contributed by atoms with Gasteiger partial charge in [0.05, 0.1) is 23.3 Å². The molecule has 3 nitrogen and oxygen atoms in total. The summed E-state index contributed by atoms with van der Waals surface area (Å²) in [5.74, 6) is 0.840. The molecule has 5 heteroatoms. The molecule has 1 rings (SSSR count). The first kappa shape index (κ1) is 12.7. The summed E-state index contributed by atoms with van der Waals surface area (Å²) in [6.45, 7) is 1.71. The molecule has 1 aromatic rings. The number of Topliss-reactive ketones (excluding diaryl/α,β-unsaturated/α-hetero) is 1. The van der Waals surface area contributed by atoms with Crippen molar-refractivity contribution in [3.05, 3.63) is 21.9 Å². The summed E-state index contributed by atoms with van der Waals surface area (Å²) in [5.41, 5.74) is 0. The number of aliphatic hydroxyl groups is 2. The van der Waals surface area contributed by atoms with Gasteiger partial charge in [-0.25, -0.2) is 0 Å². The molecular weight excluding hydrogens is 232 g/mol. The lowest BCUT2D eigenvalue weighted by atomic mass is 10.3. The van der Waals surface area contributed by atoms with Gasteiger partial charge in [0, 0.05) is 10.6 Å². The molecule has 0 saturated carbocycles. The van der Waals surface area contributed by atoms with E-state index in [0.29, 0.717) is 11.5 Å². The maximum absolute atomic E-state index is 11.6. The number of carbonyl (C=O) groups excluding carboxylic acids is 1. The molecule has 1 unspecified atom stereocenters. The summed E-state index contributed by atoms with van der Waals surface area (Å²) in [6.07, 6.45) is -0.729. The van der Waals surface area contributed by atoms with Gasteiger partial charge in [0.1, 0.15) is 0 Å². The predicted molar refractivity (Wildman–Crippen MR) is 63.8 cm³/mol. The minimum atomic E-state index is -0.729. The van der Waals surface area contributed by atoms with Crippen molar-refractivity contribution in [3.8, 4) is 0 Å². The molecule has 0 bridgehead atoms. The molecule has 0 saturated heterocycles. The molecule has 0 aliphatic rings. The van der Waals surface area contributed by atoms with Crippen LogP contribution in [0.4, 0.5) is 0 Å². The third-order valence-corrected chi connectivity index (χ3v) is 3.90. The van der Waals surface area contributed by atoms with Gasteiger partial charge in [0.15, 0.2) is 5.78 Å². The van der Waals surface area contributed by atoms with Crippen LogP contribution in [0, 0.1) is 6.92 Å². The first-order valence-electron chi connectivity index (χ1n) is 4.59. The Bertz CT molecular complexity index is 322. The fourth-order valence-corrected chi connectivity index (χ4v) is 2.73. The smallest absolute Gasteiger partial charge is 0.182 e. The number of carbonyl (C=O) groups is 1. The summed E-state index contributed by atoms with van der Waals surface area (Å²) in [6, 6.07) is 3.75. The summed E-state index contributed by atoms with van der Waals surface area (Å²) in [5, 5.41) is 17.6. The van der Waals surface area contributed by atoms with Gasteiger partial charge in [-0.15, -0.1) is 11.3 Å². The Hall–Kier alpha value is -0.360. The van der Waals surface area contributed by atoms with E-state index in [9.17, 15) is 4.79 Å². The zero-order valence-corrected chi connectivity index (χ0v) is 10.1. The molecule has 0 aliphatic heterocycles. The molecule has 0 radical (unpaired) electrons. The Kier molecular flexibility index (Phi) is 5.31. The highest BCUT2D eigenvalue weighted by Crippen LogP contribution is 2.17. The minimum absolute atomic E-state index is 0.0863. The van der Waals surface area contributed by atoms with Gasteiger partial charge in [-0.05, 0) is 19.1 Å². The summed E-state index contributed by atoms with van der Waals surface area (Å²) < 4.78 is 0. The largest absolute Gasteiger partial charge is 0.394 e. The Morgan fingerprint density at radius 1 is 1.60 bits per heavy atom. The molecule has 1 atom stereocenters. The zero-order valence-electron chi connectivity index (χ0n) is 8.47. The van der Waals surface area contributed by atoms with E-state index < -0.39 is 6.10 Å². The lowest BCUT2D eigenvalue weighted by molar-refractivity contribution is 0.102. The molecule has 84 valence electrons. The highest BCUT2D eigenvalue weighted by molar-refractivity contribution is 8.00. The average Bonchev–Trinajstić information content (AvgIpc) is 2.64. The van der Waals surface area contributed by atoms with Crippen LogP contribution in [0.1, 0.15) is 14.5 Å². The Morgan fingerprint density at radius 2 is 2.33 bits per heavy atom. The van der Waals surface area contributed by atoms with Crippen molar-refractivity contribution < 1.29 is 15.0 Å². The highest BCUT2D eigenvalue weighted by Gasteiger charge is 2.09. The molecule has 0 amide bonds. The number of rotatable bonds is 6. The van der Waals surface area contributed by atoms with E-state index in [2.05, 4.69) is 0 Å². The van der Waals surface area contributed by atoms with Crippen LogP contribution >= 0.6 is 23.1 Å². The van der Waals surface area contributed by atoms with Crippen molar-refractivity contribution in [2.24, 2.45) is 0 Å². The number of thiophene rings is 1. The van der Waals surface area contributed by atoms with Crippen molar-refractivity contribution in [2.75, 3.05) is 18.1 Å². The molecule has 0 aliphatic carbocycles. The third kappa shape index (κ3) is 4.34. The van der Waals surface area contributed by atoms with Gasteiger partial charge in [-0.2, -0.15) is 11.8 Å². The van der Waals surface area contributed by atoms with E-state index in [1.165, 1.54) is 23.1 Å². The van der Waals surface area contributed by atoms with Crippen LogP contribution in [-0.4, -0.2) is 40.2 Å². The summed E-state index contributed by atoms with van der Waals surface area (Å²) in [7, 11) is 0. The Labute approximate surface area is 97.1 Å². The van der Waals surface area contributed by atoms with Crippen LogP contribution in [-0.2, 0) is 0 Å². The van der Waals surface area contributed by atoms with Crippen LogP contribution in [0.15, 0.2) is 12.1 Å². The van der Waals surface area contributed by atoms with Gasteiger partial charge in [0.2, 0.25) is 0 Å². The number of aliphatic hydroxyl groups excluding tert-OH is 2. The van der Waals surface area contributed by atoms with E-state index in [-0.39, 0.29) is 12.4 Å². The average molecular weight is 246 g/mol. The molecule has 15 heavy (non-hydrogen) atoms. The standard InChI is InChI=1S/C10H14O3S2/c1-7-2-3-10(15-7)9(13)6-14-5-8(12)4-11/h2-3,8,11-12H,4-6H2,1H3. The van der Waals surface area contributed by atoms with Gasteiger partial charge in [-0.3, -0.25) is 4.79 Å². The molecule has 0 aromatic carbocycles. The van der Waals surface area contributed by atoms with Crippen LogP contribution in [0.25, 0.3) is 0 Å². The van der Waals surface area contributed by atoms with Crippen LogP contribution < -0.4 is 0 Å². The van der Waals surface area contributed by atoms with E-state index in [1.807, 2.05) is 19.1 Å². The monoisotopic (exact) mass is 246 g/mol. The van der Waals surface area contributed by atoms with Gasteiger partial charge >= 0.3 is 0 Å². The van der Waals surface area contributed by atoms with Crippen molar-refractivity contribution in [3.63, 3.8) is 0 Å². The maximum atomic E-state index is 11.6. The minimum Gasteiger partial charge on any atom is -0.394 e. The van der Waals surface area contributed by atoms with Crippen molar-refractivity contribution in [1.29, 1.82) is 0 Å². The number of hydrogen-bond acceptors (Lipinski definition) is 5. The Balaban J connectivity index is 2.31. The SMILES string of the molecule is Cc1ccc(C(=O)CSCC(O)CO)s1. The second-order valence-electron chi connectivity index (χ2n) is 3.18. The van der Waals surface area contributed by atoms with Gasteiger partial charge in [-0.1, -0.05) is 0 Å². The first-order chi connectivity index (χ1) is 7.13. The summed E-state index contributed by atoms with van der Waals surface area (Å²) in [4.78, 5) is 13.5. The van der Waals surface area contributed by atoms with E-state index in [4.69, 9.17) is 10.2 Å². The first-order valence-corrected chi connectivity index (χ1v) is 6.57. The second kappa shape index (κ2) is 6.27. The third-order valence-electron chi connectivity index (χ3n) is 1.77. The maximum Gasteiger partial charge on any atom is 0.182 e. The summed E-state index contributed by atoms with van der Waals surface area (Å²) >= 11 is 2.83. The number of thioether (sulfide) groups is 1. The van der Waals surface area contributed by atoms with Gasteiger partial charge < -0.3 is 10.2 Å². The highest BCUT2D eigenvalue weighted by atomic mass is 32.2. The van der Waals surface area contributed by atoms with Crippen LogP contribution in [0.2, 0.25) is 0 Å². The zero-order chi connectivity index (χ0) is 11.3. The van der Waals surface area contributed by atoms with Crippen LogP contribution in [0.3, 0.4) is 0 Å². The van der Waals surface area contributed by atoms with Crippen LogP contribution in [0.5, 0.6) is 0 Å². The molecule has 2 N–H and O–H groups in total. The predicted octanol–water partition coefficient (Wildman–Crippen LogP) is 1.33.